The molecule has 2 aromatic rings. The predicted octanol–water partition coefficient (Wildman–Crippen LogP) is 2.59. The lowest BCUT2D eigenvalue weighted by atomic mass is 10.0. The Morgan fingerprint density at radius 1 is 1.17 bits per heavy atom. The van der Waals surface area contributed by atoms with Gasteiger partial charge in [0, 0.05) is 17.0 Å². The first kappa shape index (κ1) is 12.9. The van der Waals surface area contributed by atoms with Crippen LogP contribution in [0.15, 0.2) is 18.2 Å². The molecule has 2 N–H and O–H groups in total. The van der Waals surface area contributed by atoms with Crippen molar-refractivity contribution in [2.75, 3.05) is 14.2 Å². The van der Waals surface area contributed by atoms with Gasteiger partial charge in [-0.1, -0.05) is 0 Å². The number of aromatic nitrogens is 1. The molecule has 1 aromatic heterocycles. The van der Waals surface area contributed by atoms with Crippen LogP contribution in [0, 0.1) is 6.92 Å². The van der Waals surface area contributed by atoms with Gasteiger partial charge in [-0.2, -0.15) is 4.37 Å². The van der Waals surface area contributed by atoms with Crippen LogP contribution < -0.4 is 15.2 Å². The summed E-state index contributed by atoms with van der Waals surface area (Å²) in [6, 6.07) is 5.91. The monoisotopic (exact) mass is 264 g/mol. The molecule has 0 bridgehead atoms. The SMILES string of the molecule is COc1cc(C)c(-c2cc(CN)sn2)cc1OC. The molecule has 0 spiro atoms. The molecular weight excluding hydrogens is 248 g/mol. The van der Waals surface area contributed by atoms with Crippen LogP contribution in [0.25, 0.3) is 11.3 Å². The van der Waals surface area contributed by atoms with Gasteiger partial charge in [0.05, 0.1) is 19.9 Å². The van der Waals surface area contributed by atoms with Gasteiger partial charge in [-0.25, -0.2) is 0 Å². The van der Waals surface area contributed by atoms with E-state index in [1.807, 2.05) is 25.1 Å². The molecule has 5 heteroatoms. The normalized spacial score (nSPS) is 10.4. The summed E-state index contributed by atoms with van der Waals surface area (Å²) in [5, 5.41) is 0. The molecule has 0 aliphatic heterocycles. The molecule has 0 unspecified atom stereocenters. The van der Waals surface area contributed by atoms with Crippen LogP contribution in [-0.4, -0.2) is 18.6 Å². The van der Waals surface area contributed by atoms with Crippen molar-refractivity contribution >= 4 is 11.5 Å². The van der Waals surface area contributed by atoms with E-state index in [4.69, 9.17) is 15.2 Å². The Morgan fingerprint density at radius 2 is 1.83 bits per heavy atom. The zero-order valence-corrected chi connectivity index (χ0v) is 11.5. The Kier molecular flexibility index (Phi) is 3.84. The lowest BCUT2D eigenvalue weighted by molar-refractivity contribution is 0.355. The van der Waals surface area contributed by atoms with Crippen molar-refractivity contribution in [3.05, 3.63) is 28.6 Å². The van der Waals surface area contributed by atoms with Crippen LogP contribution in [0.2, 0.25) is 0 Å². The summed E-state index contributed by atoms with van der Waals surface area (Å²) < 4.78 is 15.0. The number of ether oxygens (including phenoxy) is 2. The van der Waals surface area contributed by atoms with Gasteiger partial charge in [0.15, 0.2) is 11.5 Å². The highest BCUT2D eigenvalue weighted by atomic mass is 32.1. The maximum absolute atomic E-state index is 5.61. The number of nitrogens with two attached hydrogens (primary N) is 1. The molecule has 1 heterocycles. The molecule has 0 aliphatic carbocycles. The average Bonchev–Trinajstić information content (AvgIpc) is 2.86. The van der Waals surface area contributed by atoms with Gasteiger partial charge in [-0.3, -0.25) is 0 Å². The second-order valence-electron chi connectivity index (χ2n) is 3.90. The molecule has 0 saturated carbocycles. The fourth-order valence-electron chi connectivity index (χ4n) is 1.79. The summed E-state index contributed by atoms with van der Waals surface area (Å²) in [6.07, 6.45) is 0. The van der Waals surface area contributed by atoms with Gasteiger partial charge >= 0.3 is 0 Å². The van der Waals surface area contributed by atoms with Gasteiger partial charge in [0.2, 0.25) is 0 Å². The molecular formula is C13H16N2O2S. The lowest BCUT2D eigenvalue weighted by Crippen LogP contribution is -1.94. The van der Waals surface area contributed by atoms with Crippen molar-refractivity contribution < 1.29 is 9.47 Å². The summed E-state index contributed by atoms with van der Waals surface area (Å²) in [6.45, 7) is 2.54. The summed E-state index contributed by atoms with van der Waals surface area (Å²) in [7, 11) is 3.26. The van der Waals surface area contributed by atoms with Crippen LogP contribution in [0.3, 0.4) is 0 Å². The molecule has 18 heavy (non-hydrogen) atoms. The maximum atomic E-state index is 5.61. The number of aryl methyl sites for hydroxylation is 1. The minimum Gasteiger partial charge on any atom is -0.493 e. The van der Waals surface area contributed by atoms with Crippen LogP contribution in [0.5, 0.6) is 11.5 Å². The van der Waals surface area contributed by atoms with E-state index in [0.717, 1.165) is 27.4 Å². The van der Waals surface area contributed by atoms with Gasteiger partial charge in [0.1, 0.15) is 0 Å². The Hall–Kier alpha value is -1.59. The zero-order valence-electron chi connectivity index (χ0n) is 10.7. The molecule has 4 nitrogen and oxygen atoms in total. The summed E-state index contributed by atoms with van der Waals surface area (Å²) >= 11 is 1.43. The molecule has 2 rings (SSSR count). The van der Waals surface area contributed by atoms with E-state index in [0.29, 0.717) is 12.3 Å². The van der Waals surface area contributed by atoms with Crippen LogP contribution >= 0.6 is 11.5 Å². The quantitative estimate of drug-likeness (QED) is 0.922. The van der Waals surface area contributed by atoms with E-state index in [1.165, 1.54) is 11.5 Å². The number of methoxy groups -OCH3 is 2. The van der Waals surface area contributed by atoms with Gasteiger partial charge in [-0.05, 0) is 42.2 Å². The Labute approximate surface area is 111 Å². The predicted molar refractivity (Wildman–Crippen MR) is 73.3 cm³/mol. The second-order valence-corrected chi connectivity index (χ2v) is 4.79. The van der Waals surface area contributed by atoms with Gasteiger partial charge in [0.25, 0.3) is 0 Å². The van der Waals surface area contributed by atoms with E-state index < -0.39 is 0 Å². The molecule has 0 radical (unpaired) electrons. The fraction of sp³-hybridized carbons (Fsp3) is 0.308. The van der Waals surface area contributed by atoms with Crippen molar-refractivity contribution in [2.45, 2.75) is 13.5 Å². The number of rotatable bonds is 4. The molecule has 0 atom stereocenters. The number of nitrogens with zero attached hydrogens (tertiary/aromatic N) is 1. The first-order valence-corrected chi connectivity index (χ1v) is 6.35. The zero-order chi connectivity index (χ0) is 13.1. The minimum atomic E-state index is 0.518. The molecule has 0 amide bonds. The number of hydrogen-bond donors (Lipinski definition) is 1. The lowest BCUT2D eigenvalue weighted by Gasteiger charge is -2.11. The average molecular weight is 264 g/mol. The summed E-state index contributed by atoms with van der Waals surface area (Å²) in [5.74, 6) is 1.44. The highest BCUT2D eigenvalue weighted by Crippen LogP contribution is 2.35. The molecule has 1 aromatic carbocycles. The van der Waals surface area contributed by atoms with Crippen molar-refractivity contribution in [1.82, 2.24) is 4.37 Å². The highest BCUT2D eigenvalue weighted by molar-refractivity contribution is 7.06. The van der Waals surface area contributed by atoms with Crippen molar-refractivity contribution in [2.24, 2.45) is 5.73 Å². The third-order valence-electron chi connectivity index (χ3n) is 2.77. The Bertz CT molecular complexity index is 552. The van der Waals surface area contributed by atoms with Gasteiger partial charge in [-0.15, -0.1) is 0 Å². The third-order valence-corrected chi connectivity index (χ3v) is 3.57. The highest BCUT2D eigenvalue weighted by Gasteiger charge is 2.12. The van der Waals surface area contributed by atoms with E-state index in [1.54, 1.807) is 14.2 Å². The van der Waals surface area contributed by atoms with Crippen LogP contribution in [0.1, 0.15) is 10.4 Å². The molecule has 0 saturated heterocycles. The van der Waals surface area contributed by atoms with Crippen LogP contribution in [0.4, 0.5) is 0 Å². The first-order chi connectivity index (χ1) is 8.69. The smallest absolute Gasteiger partial charge is 0.161 e. The maximum Gasteiger partial charge on any atom is 0.161 e. The first-order valence-electron chi connectivity index (χ1n) is 5.58. The molecule has 96 valence electrons. The Morgan fingerprint density at radius 3 is 2.39 bits per heavy atom. The van der Waals surface area contributed by atoms with E-state index >= 15 is 0 Å². The van der Waals surface area contributed by atoms with E-state index in [9.17, 15) is 0 Å². The molecule has 0 fully saturated rings. The topological polar surface area (TPSA) is 57.4 Å². The summed E-state index contributed by atoms with van der Waals surface area (Å²) in [4.78, 5) is 1.07. The van der Waals surface area contributed by atoms with E-state index in [2.05, 4.69) is 4.37 Å². The van der Waals surface area contributed by atoms with Crippen molar-refractivity contribution in [3.63, 3.8) is 0 Å². The standard InChI is InChI=1S/C13H16N2O2S/c1-8-4-12(16-2)13(17-3)6-10(8)11-5-9(7-14)18-15-11/h4-6H,7,14H2,1-3H3. The number of hydrogen-bond acceptors (Lipinski definition) is 5. The number of benzene rings is 1. The van der Waals surface area contributed by atoms with E-state index in [-0.39, 0.29) is 0 Å². The Balaban J connectivity index is 2.50. The fourth-order valence-corrected chi connectivity index (χ4v) is 2.40. The van der Waals surface area contributed by atoms with Crippen LogP contribution in [-0.2, 0) is 6.54 Å². The third kappa shape index (κ3) is 2.32. The molecule has 0 aliphatic rings. The largest absolute Gasteiger partial charge is 0.493 e. The minimum absolute atomic E-state index is 0.518. The summed E-state index contributed by atoms with van der Waals surface area (Å²) in [5.41, 5.74) is 8.68. The second kappa shape index (κ2) is 5.37. The van der Waals surface area contributed by atoms with Gasteiger partial charge < -0.3 is 15.2 Å². The van der Waals surface area contributed by atoms with Crippen molar-refractivity contribution in [1.29, 1.82) is 0 Å². The van der Waals surface area contributed by atoms with Crippen molar-refractivity contribution in [3.8, 4) is 22.8 Å².